The predicted octanol–water partition coefficient (Wildman–Crippen LogP) is 13.2. The Kier molecular flexibility index (Phi) is 4.94. The van der Waals surface area contributed by atoms with Gasteiger partial charge < -0.3 is 18.3 Å². The smallest absolute Gasteiger partial charge is 0.137 e. The molecule has 8 aromatic carbocycles. The summed E-state index contributed by atoms with van der Waals surface area (Å²) in [6, 6.07) is 56.3. The van der Waals surface area contributed by atoms with Crippen LogP contribution in [0, 0.1) is 0 Å². The molecular formula is C46H26N2O2. The number of hydrogen-bond donors (Lipinski definition) is 0. The van der Waals surface area contributed by atoms with Crippen LogP contribution in [-0.2, 0) is 0 Å². The zero-order valence-corrected chi connectivity index (χ0v) is 26.7. The molecule has 0 unspecified atom stereocenters. The first-order chi connectivity index (χ1) is 24.8. The van der Waals surface area contributed by atoms with Gasteiger partial charge in [0, 0.05) is 66.5 Å². The fourth-order valence-corrected chi connectivity index (χ4v) is 8.65. The molecule has 0 amide bonds. The monoisotopic (exact) mass is 638 g/mol. The van der Waals surface area contributed by atoms with Gasteiger partial charge in [0.05, 0.1) is 11.0 Å². The molecule has 0 bridgehead atoms. The van der Waals surface area contributed by atoms with Crippen molar-refractivity contribution in [1.29, 1.82) is 0 Å². The van der Waals surface area contributed by atoms with Gasteiger partial charge in [0.1, 0.15) is 22.3 Å². The van der Waals surface area contributed by atoms with Crippen LogP contribution >= 0.6 is 0 Å². The Hall–Kier alpha value is -6.78. The minimum Gasteiger partial charge on any atom is -0.456 e. The maximum atomic E-state index is 6.46. The molecule has 3 heterocycles. The number of rotatable bonds is 4. The second-order valence-electron chi connectivity index (χ2n) is 13.3. The van der Waals surface area contributed by atoms with Crippen molar-refractivity contribution in [3.63, 3.8) is 0 Å². The van der Waals surface area contributed by atoms with Crippen LogP contribution < -0.4 is 4.90 Å². The molecule has 0 saturated carbocycles. The Labute approximate surface area is 285 Å². The standard InChI is InChI=1S/C46H26N2O2/c1-2-9-28(10-3-1)47(31-21-22-33-32-13-4-5-17-38(32)49-41(33)26-31)29-11-6-12-30(25-29)48-36-16-7-14-34-35-15-8-18-39-44(35)46-40(50-39)24-20-27-19-23-37(48)45(42(27)46)43(34)36/h1-26H. The van der Waals surface area contributed by atoms with Gasteiger partial charge in [-0.2, -0.15) is 0 Å². The minimum absolute atomic E-state index is 0.872. The lowest BCUT2D eigenvalue weighted by atomic mass is 9.98. The van der Waals surface area contributed by atoms with Crippen LogP contribution in [0.15, 0.2) is 167 Å². The van der Waals surface area contributed by atoms with E-state index in [2.05, 4.69) is 155 Å². The highest BCUT2D eigenvalue weighted by Gasteiger charge is 2.26. The van der Waals surface area contributed by atoms with Crippen molar-refractivity contribution in [2.75, 3.05) is 4.90 Å². The Morgan fingerprint density at radius 2 is 1.06 bits per heavy atom. The van der Waals surface area contributed by atoms with Gasteiger partial charge in [0.25, 0.3) is 0 Å². The second kappa shape index (κ2) is 9.43. The maximum absolute atomic E-state index is 6.46. The number of para-hydroxylation sites is 2. The van der Waals surface area contributed by atoms with Gasteiger partial charge in [-0.15, -0.1) is 0 Å². The molecular weight excluding hydrogens is 613 g/mol. The summed E-state index contributed by atoms with van der Waals surface area (Å²) in [6.07, 6.45) is 0. The normalized spacial score (nSPS) is 12.4. The first kappa shape index (κ1) is 26.2. The Balaban J connectivity index is 1.13. The first-order valence-electron chi connectivity index (χ1n) is 17.0. The molecule has 1 aliphatic carbocycles. The number of benzene rings is 8. The summed E-state index contributed by atoms with van der Waals surface area (Å²) in [5.41, 5.74) is 12.7. The van der Waals surface area contributed by atoms with Gasteiger partial charge in [0.15, 0.2) is 0 Å². The largest absolute Gasteiger partial charge is 0.456 e. The van der Waals surface area contributed by atoms with Crippen LogP contribution in [0.4, 0.5) is 17.1 Å². The lowest BCUT2D eigenvalue weighted by Gasteiger charge is -2.26. The second-order valence-corrected chi connectivity index (χ2v) is 13.3. The summed E-state index contributed by atoms with van der Waals surface area (Å²) in [6.45, 7) is 0. The van der Waals surface area contributed by atoms with Crippen molar-refractivity contribution in [2.24, 2.45) is 0 Å². The van der Waals surface area contributed by atoms with Crippen molar-refractivity contribution >= 4 is 93.5 Å². The third-order valence-corrected chi connectivity index (χ3v) is 10.7. The lowest BCUT2D eigenvalue weighted by molar-refractivity contribution is 0.668. The molecule has 50 heavy (non-hydrogen) atoms. The molecule has 0 radical (unpaired) electrons. The van der Waals surface area contributed by atoms with E-state index < -0.39 is 0 Å². The maximum Gasteiger partial charge on any atom is 0.137 e. The van der Waals surface area contributed by atoms with Crippen LogP contribution in [0.3, 0.4) is 0 Å². The van der Waals surface area contributed by atoms with E-state index in [1.807, 2.05) is 12.1 Å². The van der Waals surface area contributed by atoms with E-state index in [4.69, 9.17) is 8.83 Å². The fourth-order valence-electron chi connectivity index (χ4n) is 8.65. The average Bonchev–Trinajstić information content (AvgIpc) is 3.82. The highest BCUT2D eigenvalue weighted by Crippen LogP contribution is 2.51. The molecule has 4 heteroatoms. The first-order valence-corrected chi connectivity index (χ1v) is 17.0. The third-order valence-electron chi connectivity index (χ3n) is 10.7. The zero-order valence-electron chi connectivity index (χ0n) is 26.7. The summed E-state index contributed by atoms with van der Waals surface area (Å²) in [5.74, 6) is 0. The summed E-state index contributed by atoms with van der Waals surface area (Å²) in [5, 5.41) is 9.71. The quantitative estimate of drug-likeness (QED) is 0.192. The Bertz CT molecular complexity index is 3220. The molecule has 0 aliphatic heterocycles. The molecule has 0 spiro atoms. The van der Waals surface area contributed by atoms with Gasteiger partial charge >= 0.3 is 0 Å². The van der Waals surface area contributed by atoms with Crippen LogP contribution in [-0.4, -0.2) is 4.57 Å². The lowest BCUT2D eigenvalue weighted by Crippen LogP contribution is -2.10. The molecule has 0 N–H and O–H groups in total. The fraction of sp³-hybridized carbons (Fsp3) is 0. The molecule has 0 atom stereocenters. The molecule has 1 aliphatic rings. The Morgan fingerprint density at radius 1 is 0.380 bits per heavy atom. The van der Waals surface area contributed by atoms with Crippen LogP contribution in [0.5, 0.6) is 0 Å². The summed E-state index contributed by atoms with van der Waals surface area (Å²) < 4.78 is 15.2. The van der Waals surface area contributed by atoms with Crippen LogP contribution in [0.2, 0.25) is 0 Å². The highest BCUT2D eigenvalue weighted by molar-refractivity contribution is 6.37. The average molecular weight is 639 g/mol. The van der Waals surface area contributed by atoms with Crippen molar-refractivity contribution in [1.82, 2.24) is 4.57 Å². The summed E-state index contributed by atoms with van der Waals surface area (Å²) in [4.78, 5) is 2.32. The van der Waals surface area contributed by atoms with E-state index in [0.29, 0.717) is 0 Å². The zero-order chi connectivity index (χ0) is 32.5. The van der Waals surface area contributed by atoms with E-state index in [0.717, 1.165) is 55.9 Å². The van der Waals surface area contributed by atoms with Crippen LogP contribution in [0.25, 0.3) is 93.3 Å². The van der Waals surface area contributed by atoms with E-state index in [-0.39, 0.29) is 0 Å². The van der Waals surface area contributed by atoms with E-state index >= 15 is 0 Å². The highest BCUT2D eigenvalue weighted by atomic mass is 16.3. The molecule has 0 saturated heterocycles. The van der Waals surface area contributed by atoms with Crippen LogP contribution in [0.1, 0.15) is 0 Å². The SMILES string of the molecule is c1ccc(N(c2cccc(-n3c4cccc5c4c4c6c(ccc7oc8cccc-5c8c76)ccc43)c2)c2ccc3c(c2)oc2ccccc23)cc1. The number of fused-ring (bicyclic) bond motifs is 4. The minimum atomic E-state index is 0.872. The number of furan rings is 2. The number of nitrogens with zero attached hydrogens (tertiary/aromatic N) is 2. The van der Waals surface area contributed by atoms with Crippen molar-refractivity contribution in [3.8, 4) is 16.8 Å². The van der Waals surface area contributed by atoms with Crippen molar-refractivity contribution in [3.05, 3.63) is 158 Å². The van der Waals surface area contributed by atoms with Gasteiger partial charge in [-0.25, -0.2) is 0 Å². The molecule has 12 rings (SSSR count). The third kappa shape index (κ3) is 3.34. The number of aromatic nitrogens is 1. The summed E-state index contributed by atoms with van der Waals surface area (Å²) in [7, 11) is 0. The van der Waals surface area contributed by atoms with Gasteiger partial charge in [0.2, 0.25) is 0 Å². The predicted molar refractivity (Wildman–Crippen MR) is 207 cm³/mol. The Morgan fingerprint density at radius 3 is 2.00 bits per heavy atom. The summed E-state index contributed by atoms with van der Waals surface area (Å²) >= 11 is 0. The van der Waals surface area contributed by atoms with Crippen molar-refractivity contribution in [2.45, 2.75) is 0 Å². The van der Waals surface area contributed by atoms with Crippen molar-refractivity contribution < 1.29 is 8.83 Å². The van der Waals surface area contributed by atoms with E-state index in [9.17, 15) is 0 Å². The number of anilines is 3. The molecule has 3 aromatic heterocycles. The van der Waals surface area contributed by atoms with Gasteiger partial charge in [-0.05, 0) is 89.3 Å². The van der Waals surface area contributed by atoms with E-state index in [1.165, 1.54) is 54.5 Å². The number of hydrogen-bond acceptors (Lipinski definition) is 3. The molecule has 232 valence electrons. The molecule has 4 nitrogen and oxygen atoms in total. The molecule has 11 aromatic rings. The van der Waals surface area contributed by atoms with Gasteiger partial charge in [-0.3, -0.25) is 0 Å². The van der Waals surface area contributed by atoms with Gasteiger partial charge in [-0.1, -0.05) is 78.9 Å². The topological polar surface area (TPSA) is 34.5 Å². The molecule has 0 fully saturated rings. The van der Waals surface area contributed by atoms with E-state index in [1.54, 1.807) is 0 Å².